The monoisotopic (exact) mass is 250 g/mol. The highest BCUT2D eigenvalue weighted by Gasteiger charge is 2.22. The standard InChI is InChI=1S/C13H14O5/c1-17-11-7-8(12(14)13(15)16)5-6-10(11)18-9-3-2-4-9/h5-7,9H,2-4H2,1H3,(H,15,16). The lowest BCUT2D eigenvalue weighted by molar-refractivity contribution is -0.131. The van der Waals surface area contributed by atoms with Crippen molar-refractivity contribution in [2.45, 2.75) is 25.4 Å². The van der Waals surface area contributed by atoms with Gasteiger partial charge < -0.3 is 14.6 Å². The predicted molar refractivity (Wildman–Crippen MR) is 63.2 cm³/mol. The Kier molecular flexibility index (Phi) is 3.50. The number of Topliss-reactive ketones (excluding diaryl/α,β-unsaturated/α-hetero) is 1. The topological polar surface area (TPSA) is 72.8 Å². The molecule has 0 spiro atoms. The van der Waals surface area contributed by atoms with Crippen LogP contribution in [-0.4, -0.2) is 30.1 Å². The third kappa shape index (κ3) is 2.45. The van der Waals surface area contributed by atoms with Crippen LogP contribution in [0.4, 0.5) is 0 Å². The number of ether oxygens (including phenoxy) is 2. The van der Waals surface area contributed by atoms with E-state index in [1.165, 1.54) is 19.2 Å². The van der Waals surface area contributed by atoms with E-state index in [-0.39, 0.29) is 11.7 Å². The summed E-state index contributed by atoms with van der Waals surface area (Å²) in [5.74, 6) is -1.51. The summed E-state index contributed by atoms with van der Waals surface area (Å²) >= 11 is 0. The van der Waals surface area contributed by atoms with Crippen LogP contribution >= 0.6 is 0 Å². The molecule has 96 valence electrons. The summed E-state index contributed by atoms with van der Waals surface area (Å²) in [4.78, 5) is 21.9. The van der Waals surface area contributed by atoms with Gasteiger partial charge >= 0.3 is 5.97 Å². The zero-order valence-electron chi connectivity index (χ0n) is 10.0. The van der Waals surface area contributed by atoms with Gasteiger partial charge in [-0.3, -0.25) is 4.79 Å². The van der Waals surface area contributed by atoms with Crippen LogP contribution in [0.3, 0.4) is 0 Å². The highest BCUT2D eigenvalue weighted by atomic mass is 16.5. The van der Waals surface area contributed by atoms with Crippen LogP contribution in [0.2, 0.25) is 0 Å². The molecule has 1 aromatic carbocycles. The lowest BCUT2D eigenvalue weighted by Crippen LogP contribution is -2.24. The summed E-state index contributed by atoms with van der Waals surface area (Å²) in [5, 5.41) is 8.64. The summed E-state index contributed by atoms with van der Waals surface area (Å²) in [6, 6.07) is 4.41. The molecule has 1 aliphatic rings. The average Bonchev–Trinajstić information content (AvgIpc) is 2.32. The second-order valence-electron chi connectivity index (χ2n) is 4.17. The van der Waals surface area contributed by atoms with Gasteiger partial charge in [-0.1, -0.05) is 0 Å². The summed E-state index contributed by atoms with van der Waals surface area (Å²) in [6.07, 6.45) is 3.38. The number of methoxy groups -OCH3 is 1. The van der Waals surface area contributed by atoms with Gasteiger partial charge in [-0.2, -0.15) is 0 Å². The normalized spacial score (nSPS) is 14.7. The molecule has 1 saturated carbocycles. The number of hydrogen-bond donors (Lipinski definition) is 1. The number of carbonyl (C=O) groups excluding carboxylic acids is 1. The van der Waals surface area contributed by atoms with E-state index in [1.807, 2.05) is 0 Å². The molecule has 1 aromatic rings. The minimum atomic E-state index is -1.48. The van der Waals surface area contributed by atoms with Gasteiger partial charge in [-0.15, -0.1) is 0 Å². The van der Waals surface area contributed by atoms with Crippen molar-refractivity contribution < 1.29 is 24.2 Å². The minimum Gasteiger partial charge on any atom is -0.493 e. The number of carboxylic acid groups (broad SMARTS) is 1. The van der Waals surface area contributed by atoms with E-state index in [4.69, 9.17) is 14.6 Å². The Morgan fingerprint density at radius 1 is 1.28 bits per heavy atom. The molecule has 18 heavy (non-hydrogen) atoms. The molecule has 0 atom stereocenters. The van der Waals surface area contributed by atoms with Crippen molar-refractivity contribution in [2.24, 2.45) is 0 Å². The molecule has 0 heterocycles. The summed E-state index contributed by atoms with van der Waals surface area (Å²) in [5.41, 5.74) is 0.0836. The van der Waals surface area contributed by atoms with E-state index in [2.05, 4.69) is 0 Å². The Balaban J connectivity index is 2.21. The zero-order valence-corrected chi connectivity index (χ0v) is 10.0. The van der Waals surface area contributed by atoms with Crippen LogP contribution in [-0.2, 0) is 4.79 Å². The number of benzene rings is 1. The maximum Gasteiger partial charge on any atom is 0.377 e. The first-order valence-electron chi connectivity index (χ1n) is 5.74. The summed E-state index contributed by atoms with van der Waals surface area (Å²) in [7, 11) is 1.46. The lowest BCUT2D eigenvalue weighted by atomic mass is 9.96. The van der Waals surface area contributed by atoms with Crippen LogP contribution in [0.15, 0.2) is 18.2 Å². The molecule has 0 amide bonds. The molecule has 0 aliphatic heterocycles. The molecule has 0 saturated heterocycles. The fourth-order valence-electron chi connectivity index (χ4n) is 1.70. The Labute approximate surface area is 104 Å². The van der Waals surface area contributed by atoms with E-state index in [0.717, 1.165) is 19.3 Å². The van der Waals surface area contributed by atoms with E-state index in [0.29, 0.717) is 11.5 Å². The first-order chi connectivity index (χ1) is 8.61. The van der Waals surface area contributed by atoms with Crippen molar-refractivity contribution in [1.29, 1.82) is 0 Å². The molecule has 2 rings (SSSR count). The van der Waals surface area contributed by atoms with Gasteiger partial charge in [0.05, 0.1) is 13.2 Å². The fraction of sp³-hybridized carbons (Fsp3) is 0.385. The largest absolute Gasteiger partial charge is 0.493 e. The molecule has 0 bridgehead atoms. The van der Waals surface area contributed by atoms with Gasteiger partial charge in [-0.25, -0.2) is 4.79 Å². The molecule has 5 nitrogen and oxygen atoms in total. The Morgan fingerprint density at radius 3 is 2.50 bits per heavy atom. The van der Waals surface area contributed by atoms with Gasteiger partial charge in [0, 0.05) is 5.56 Å². The molecule has 5 heteroatoms. The smallest absolute Gasteiger partial charge is 0.377 e. The first-order valence-corrected chi connectivity index (χ1v) is 5.74. The van der Waals surface area contributed by atoms with Crippen molar-refractivity contribution in [3.63, 3.8) is 0 Å². The molecule has 0 unspecified atom stereocenters. The molecule has 1 fully saturated rings. The second-order valence-corrected chi connectivity index (χ2v) is 4.17. The summed E-state index contributed by atoms with van der Waals surface area (Å²) in [6.45, 7) is 0. The number of rotatable bonds is 5. The average molecular weight is 250 g/mol. The second kappa shape index (κ2) is 5.08. The molecule has 0 aromatic heterocycles. The first kappa shape index (κ1) is 12.4. The highest BCUT2D eigenvalue weighted by Crippen LogP contribution is 2.33. The molecule has 0 radical (unpaired) electrons. The third-order valence-electron chi connectivity index (χ3n) is 2.97. The number of carbonyl (C=O) groups is 2. The summed E-state index contributed by atoms with van der Waals surface area (Å²) < 4.78 is 10.8. The maximum atomic E-state index is 11.3. The van der Waals surface area contributed by atoms with E-state index < -0.39 is 11.8 Å². The quantitative estimate of drug-likeness (QED) is 0.638. The highest BCUT2D eigenvalue weighted by molar-refractivity contribution is 6.39. The van der Waals surface area contributed by atoms with Crippen LogP contribution in [0.25, 0.3) is 0 Å². The molecule has 1 N–H and O–H groups in total. The van der Waals surface area contributed by atoms with Crippen molar-refractivity contribution >= 4 is 11.8 Å². The third-order valence-corrected chi connectivity index (χ3v) is 2.97. The van der Waals surface area contributed by atoms with Crippen molar-refractivity contribution in [3.05, 3.63) is 23.8 Å². The van der Waals surface area contributed by atoms with Gasteiger partial charge in [0.1, 0.15) is 0 Å². The molecular weight excluding hydrogens is 236 g/mol. The maximum absolute atomic E-state index is 11.3. The molecule has 1 aliphatic carbocycles. The van der Waals surface area contributed by atoms with Crippen molar-refractivity contribution in [1.82, 2.24) is 0 Å². The minimum absolute atomic E-state index is 0.0836. The van der Waals surface area contributed by atoms with Gasteiger partial charge in [0.15, 0.2) is 11.5 Å². The van der Waals surface area contributed by atoms with Gasteiger partial charge in [0.25, 0.3) is 5.78 Å². The van der Waals surface area contributed by atoms with Gasteiger partial charge in [-0.05, 0) is 37.5 Å². The SMILES string of the molecule is COc1cc(C(=O)C(=O)O)ccc1OC1CCC1. The van der Waals surface area contributed by atoms with Crippen molar-refractivity contribution in [3.8, 4) is 11.5 Å². The van der Waals surface area contributed by atoms with Crippen LogP contribution in [0.1, 0.15) is 29.6 Å². The van der Waals surface area contributed by atoms with Crippen molar-refractivity contribution in [2.75, 3.05) is 7.11 Å². The number of carboxylic acids is 1. The van der Waals surface area contributed by atoms with E-state index >= 15 is 0 Å². The number of ketones is 1. The number of hydrogen-bond acceptors (Lipinski definition) is 4. The predicted octanol–water partition coefficient (Wildman–Crippen LogP) is 1.89. The Morgan fingerprint density at radius 2 is 2.00 bits per heavy atom. The Hall–Kier alpha value is -2.04. The Bertz CT molecular complexity index is 476. The van der Waals surface area contributed by atoms with E-state index in [9.17, 15) is 9.59 Å². The number of aliphatic carboxylic acids is 1. The van der Waals surface area contributed by atoms with Crippen LogP contribution < -0.4 is 9.47 Å². The van der Waals surface area contributed by atoms with Crippen LogP contribution in [0, 0.1) is 0 Å². The van der Waals surface area contributed by atoms with Crippen LogP contribution in [0.5, 0.6) is 11.5 Å². The van der Waals surface area contributed by atoms with E-state index in [1.54, 1.807) is 6.07 Å². The molecular formula is C13H14O5. The lowest BCUT2D eigenvalue weighted by Gasteiger charge is -2.27. The zero-order chi connectivity index (χ0) is 13.1. The van der Waals surface area contributed by atoms with Gasteiger partial charge in [0.2, 0.25) is 0 Å². The fourth-order valence-corrected chi connectivity index (χ4v) is 1.70.